The normalized spacial score (nSPS) is 15.5. The van der Waals surface area contributed by atoms with Gasteiger partial charge in [-0.1, -0.05) is 12.1 Å². The molecule has 0 unspecified atom stereocenters. The average molecular weight is 487 g/mol. The third-order valence-corrected chi connectivity index (χ3v) is 8.13. The lowest BCUT2D eigenvalue weighted by molar-refractivity contribution is -0.127. The molecule has 0 N–H and O–H groups in total. The van der Waals surface area contributed by atoms with E-state index in [0.717, 1.165) is 9.75 Å². The monoisotopic (exact) mass is 486 g/mol. The van der Waals surface area contributed by atoms with E-state index in [1.807, 2.05) is 6.92 Å². The van der Waals surface area contributed by atoms with Gasteiger partial charge in [0.25, 0.3) is 0 Å². The smallest absolute Gasteiger partial charge is 0.387 e. The molecule has 0 spiro atoms. The fourth-order valence-electron chi connectivity index (χ4n) is 3.46. The molecule has 1 fully saturated rings. The van der Waals surface area contributed by atoms with Crippen LogP contribution in [0.2, 0.25) is 0 Å². The highest BCUT2D eigenvalue weighted by molar-refractivity contribution is 7.89. The molecule has 32 heavy (non-hydrogen) atoms. The fourth-order valence-corrected chi connectivity index (χ4v) is 6.40. The van der Waals surface area contributed by atoms with Gasteiger partial charge in [-0.05, 0) is 32.1 Å². The number of aryl methyl sites for hydroxylation is 2. The van der Waals surface area contributed by atoms with Crippen LogP contribution in [0.5, 0.6) is 11.5 Å². The quantitative estimate of drug-likeness (QED) is 0.560. The summed E-state index contributed by atoms with van der Waals surface area (Å²) < 4.78 is 62.3. The molecule has 11 heteroatoms. The second kappa shape index (κ2) is 9.97. The number of amides is 1. The highest BCUT2D eigenvalue weighted by atomic mass is 32.2. The standard InChI is InChI=1S/C21H24F2N2O5S2/c1-14-13-18(15(2)31-14)32(27,28)25-11-9-24(10-12-25)19(26)8-7-16-5-4-6-17(29-3)20(16)30-21(22)23/h4-8,13,21H,9-12H2,1-3H3/b8-7+. The molecule has 0 bridgehead atoms. The first-order chi connectivity index (χ1) is 15.1. The minimum Gasteiger partial charge on any atom is -0.493 e. The largest absolute Gasteiger partial charge is 0.493 e. The molecule has 1 aliphatic heterocycles. The number of benzene rings is 1. The summed E-state index contributed by atoms with van der Waals surface area (Å²) in [6, 6.07) is 6.27. The van der Waals surface area contributed by atoms with E-state index in [0.29, 0.717) is 4.90 Å². The van der Waals surface area contributed by atoms with Crippen LogP contribution < -0.4 is 9.47 Å². The van der Waals surface area contributed by atoms with Crippen molar-refractivity contribution in [3.8, 4) is 11.5 Å². The number of ether oxygens (including phenoxy) is 2. The predicted octanol–water partition coefficient (Wildman–Crippen LogP) is 3.52. The lowest BCUT2D eigenvalue weighted by Gasteiger charge is -2.33. The molecule has 2 heterocycles. The van der Waals surface area contributed by atoms with Gasteiger partial charge in [-0.2, -0.15) is 13.1 Å². The summed E-state index contributed by atoms with van der Waals surface area (Å²) >= 11 is 1.43. The number of nitrogens with zero attached hydrogens (tertiary/aromatic N) is 2. The van der Waals surface area contributed by atoms with Crippen molar-refractivity contribution in [1.29, 1.82) is 0 Å². The van der Waals surface area contributed by atoms with Gasteiger partial charge in [0.05, 0.1) is 12.0 Å². The van der Waals surface area contributed by atoms with Crippen molar-refractivity contribution in [2.75, 3.05) is 33.3 Å². The maximum atomic E-state index is 12.9. The van der Waals surface area contributed by atoms with E-state index in [-0.39, 0.29) is 49.1 Å². The summed E-state index contributed by atoms with van der Waals surface area (Å²) in [6.07, 6.45) is 2.63. The van der Waals surface area contributed by atoms with Crippen LogP contribution in [0.4, 0.5) is 8.78 Å². The summed E-state index contributed by atoms with van der Waals surface area (Å²) in [5.74, 6) is -0.389. The van der Waals surface area contributed by atoms with E-state index in [1.165, 1.54) is 51.9 Å². The molecule has 1 aliphatic rings. The molecule has 3 rings (SSSR count). The van der Waals surface area contributed by atoms with Crippen LogP contribution in [-0.4, -0.2) is 63.4 Å². The average Bonchev–Trinajstić information content (AvgIpc) is 3.11. The maximum Gasteiger partial charge on any atom is 0.387 e. The SMILES string of the molecule is COc1cccc(/C=C/C(=O)N2CCN(S(=O)(=O)c3cc(C)sc3C)CC2)c1OC(F)F. The molecule has 1 aromatic heterocycles. The van der Waals surface area contributed by atoms with E-state index in [2.05, 4.69) is 4.74 Å². The Labute approximate surface area is 189 Å². The third-order valence-electron chi connectivity index (χ3n) is 5.01. The number of alkyl halides is 2. The Bertz CT molecular complexity index is 1110. The first-order valence-electron chi connectivity index (χ1n) is 9.79. The van der Waals surface area contributed by atoms with Crippen molar-refractivity contribution in [1.82, 2.24) is 9.21 Å². The van der Waals surface area contributed by atoms with Gasteiger partial charge >= 0.3 is 6.61 Å². The van der Waals surface area contributed by atoms with Crippen LogP contribution in [0.1, 0.15) is 15.3 Å². The molecular formula is C21H24F2N2O5S2. The number of sulfonamides is 1. The molecule has 0 aliphatic carbocycles. The zero-order valence-corrected chi connectivity index (χ0v) is 19.5. The van der Waals surface area contributed by atoms with Crippen molar-refractivity contribution in [2.24, 2.45) is 0 Å². The van der Waals surface area contributed by atoms with Gasteiger partial charge in [-0.15, -0.1) is 11.3 Å². The molecule has 1 aromatic carbocycles. The van der Waals surface area contributed by atoms with Crippen molar-refractivity contribution in [3.05, 3.63) is 45.7 Å². The molecule has 1 saturated heterocycles. The van der Waals surface area contributed by atoms with Crippen molar-refractivity contribution in [3.63, 3.8) is 0 Å². The lowest BCUT2D eigenvalue weighted by atomic mass is 10.1. The van der Waals surface area contributed by atoms with Gasteiger partial charge in [0.2, 0.25) is 15.9 Å². The summed E-state index contributed by atoms with van der Waals surface area (Å²) in [5, 5.41) is 0. The summed E-state index contributed by atoms with van der Waals surface area (Å²) in [5.41, 5.74) is 0.266. The Morgan fingerprint density at radius 1 is 1.19 bits per heavy atom. The van der Waals surface area contributed by atoms with Gasteiger partial charge in [-0.3, -0.25) is 4.79 Å². The lowest BCUT2D eigenvalue weighted by Crippen LogP contribution is -2.50. The van der Waals surface area contributed by atoms with E-state index < -0.39 is 16.6 Å². The minimum absolute atomic E-state index is 0.123. The van der Waals surface area contributed by atoms with Gasteiger partial charge in [0.1, 0.15) is 0 Å². The second-order valence-electron chi connectivity index (χ2n) is 7.10. The Hall–Kier alpha value is -2.50. The zero-order valence-electron chi connectivity index (χ0n) is 17.9. The highest BCUT2D eigenvalue weighted by Gasteiger charge is 2.31. The Morgan fingerprint density at radius 3 is 2.44 bits per heavy atom. The number of halogens is 2. The van der Waals surface area contributed by atoms with Crippen LogP contribution in [0.15, 0.2) is 35.2 Å². The topological polar surface area (TPSA) is 76.2 Å². The molecular weight excluding hydrogens is 462 g/mol. The van der Waals surface area contributed by atoms with Gasteiger partial charge < -0.3 is 14.4 Å². The van der Waals surface area contributed by atoms with Crippen LogP contribution in [-0.2, 0) is 14.8 Å². The number of methoxy groups -OCH3 is 1. The van der Waals surface area contributed by atoms with E-state index >= 15 is 0 Å². The van der Waals surface area contributed by atoms with E-state index in [1.54, 1.807) is 19.1 Å². The number of hydrogen-bond acceptors (Lipinski definition) is 6. The minimum atomic E-state index is -3.61. The van der Waals surface area contributed by atoms with Crippen molar-refractivity contribution >= 4 is 33.3 Å². The Morgan fingerprint density at radius 2 is 1.88 bits per heavy atom. The molecule has 0 radical (unpaired) electrons. The van der Waals surface area contributed by atoms with Crippen LogP contribution >= 0.6 is 11.3 Å². The summed E-state index contributed by atoms with van der Waals surface area (Å²) in [4.78, 5) is 16.1. The Kier molecular flexibility index (Phi) is 7.52. The predicted molar refractivity (Wildman–Crippen MR) is 118 cm³/mol. The van der Waals surface area contributed by atoms with Crippen molar-refractivity contribution < 1.29 is 31.5 Å². The van der Waals surface area contributed by atoms with E-state index in [4.69, 9.17) is 4.74 Å². The summed E-state index contributed by atoms with van der Waals surface area (Å²) in [6.45, 7) is 1.40. The third kappa shape index (κ3) is 5.28. The number of carbonyl (C=O) groups excluding carboxylic acids is 1. The molecule has 174 valence electrons. The van der Waals surface area contributed by atoms with Crippen LogP contribution in [0, 0.1) is 13.8 Å². The number of thiophene rings is 1. The van der Waals surface area contributed by atoms with E-state index in [9.17, 15) is 22.0 Å². The van der Waals surface area contributed by atoms with Gasteiger partial charge in [0, 0.05) is 47.6 Å². The molecule has 0 saturated carbocycles. The highest BCUT2D eigenvalue weighted by Crippen LogP contribution is 2.33. The van der Waals surface area contributed by atoms with Crippen molar-refractivity contribution in [2.45, 2.75) is 25.4 Å². The second-order valence-corrected chi connectivity index (χ2v) is 10.5. The first kappa shape index (κ1) is 24.1. The number of rotatable bonds is 7. The van der Waals surface area contributed by atoms with Crippen LogP contribution in [0.3, 0.4) is 0 Å². The molecule has 1 amide bonds. The molecule has 7 nitrogen and oxygen atoms in total. The number of hydrogen-bond donors (Lipinski definition) is 0. The van der Waals surface area contributed by atoms with Crippen LogP contribution in [0.25, 0.3) is 6.08 Å². The zero-order chi connectivity index (χ0) is 23.5. The number of carbonyl (C=O) groups is 1. The molecule has 0 atom stereocenters. The van der Waals surface area contributed by atoms with Gasteiger partial charge in [0.15, 0.2) is 11.5 Å². The maximum absolute atomic E-state index is 12.9. The molecule has 2 aromatic rings. The fraction of sp³-hybridized carbons (Fsp3) is 0.381. The summed E-state index contributed by atoms with van der Waals surface area (Å²) in [7, 11) is -2.28. The number of piperazine rings is 1. The first-order valence-corrected chi connectivity index (χ1v) is 12.0. The Balaban J connectivity index is 1.68. The number of para-hydroxylation sites is 1. The van der Waals surface area contributed by atoms with Gasteiger partial charge in [-0.25, -0.2) is 8.42 Å².